The number of hydrogen-bond acceptors (Lipinski definition) is 2. The minimum atomic E-state index is 0.495. The van der Waals surface area contributed by atoms with Crippen LogP contribution < -0.4 is 10.5 Å². The second-order valence-electron chi connectivity index (χ2n) is 6.13. The lowest BCUT2D eigenvalue weighted by molar-refractivity contribution is 0.311. The molecule has 0 spiro atoms. The van der Waals surface area contributed by atoms with Crippen LogP contribution >= 0.6 is 0 Å². The molecule has 0 fully saturated rings. The predicted octanol–water partition coefficient (Wildman–Crippen LogP) is 5.46. The molecule has 118 valence electrons. The Balaban J connectivity index is 1.81. The van der Waals surface area contributed by atoms with Crippen molar-refractivity contribution in [1.82, 2.24) is 0 Å². The maximum atomic E-state index is 6.09. The number of anilines is 1. The minimum Gasteiger partial charge on any atom is -0.487 e. The van der Waals surface area contributed by atoms with E-state index < -0.39 is 0 Å². The van der Waals surface area contributed by atoms with E-state index in [9.17, 15) is 0 Å². The standard InChI is InChI=1S/C22H19NO/c1-15-10-11-22(21(23)12-15)24-14-20-18-8-4-2-6-16(18)13-17-7-3-5-9-19(17)20/h2-13H,14,23H2,1H3. The lowest BCUT2D eigenvalue weighted by Crippen LogP contribution is -2.00. The molecule has 2 N–H and O–H groups in total. The van der Waals surface area contributed by atoms with Gasteiger partial charge in [0.1, 0.15) is 12.4 Å². The SMILES string of the molecule is Cc1ccc(OCc2c3ccccc3cc3ccccc23)c(N)c1. The summed E-state index contributed by atoms with van der Waals surface area (Å²) >= 11 is 0. The molecular formula is C22H19NO. The summed E-state index contributed by atoms with van der Waals surface area (Å²) in [6, 6.07) is 25.0. The monoisotopic (exact) mass is 313 g/mol. The zero-order chi connectivity index (χ0) is 16.5. The first-order chi connectivity index (χ1) is 11.7. The van der Waals surface area contributed by atoms with Gasteiger partial charge in [-0.1, -0.05) is 54.6 Å². The Morgan fingerprint density at radius 1 is 0.792 bits per heavy atom. The fourth-order valence-corrected chi connectivity index (χ4v) is 3.21. The van der Waals surface area contributed by atoms with Crippen molar-refractivity contribution in [3.05, 3.63) is 83.9 Å². The number of ether oxygens (including phenoxy) is 1. The molecule has 0 saturated carbocycles. The zero-order valence-electron chi connectivity index (χ0n) is 13.6. The first-order valence-corrected chi connectivity index (χ1v) is 8.11. The predicted molar refractivity (Wildman–Crippen MR) is 101 cm³/mol. The van der Waals surface area contributed by atoms with Crippen molar-refractivity contribution in [2.45, 2.75) is 13.5 Å². The lowest BCUT2D eigenvalue weighted by atomic mass is 9.97. The Labute approximate surface area is 141 Å². The molecule has 0 aliphatic heterocycles. The summed E-state index contributed by atoms with van der Waals surface area (Å²) in [5.74, 6) is 0.734. The van der Waals surface area contributed by atoms with Gasteiger partial charge in [0.05, 0.1) is 5.69 Å². The molecule has 0 aliphatic carbocycles. The average molecular weight is 313 g/mol. The molecule has 2 heteroatoms. The number of nitrogen functional groups attached to an aromatic ring is 1. The van der Waals surface area contributed by atoms with E-state index in [-0.39, 0.29) is 0 Å². The molecule has 0 aromatic heterocycles. The summed E-state index contributed by atoms with van der Waals surface area (Å²) < 4.78 is 6.07. The van der Waals surface area contributed by atoms with Crippen molar-refractivity contribution in [1.29, 1.82) is 0 Å². The topological polar surface area (TPSA) is 35.2 Å². The van der Waals surface area contributed by atoms with E-state index in [0.717, 1.165) is 11.3 Å². The molecule has 24 heavy (non-hydrogen) atoms. The van der Waals surface area contributed by atoms with Gasteiger partial charge < -0.3 is 10.5 Å². The number of benzene rings is 4. The van der Waals surface area contributed by atoms with Gasteiger partial charge in [-0.25, -0.2) is 0 Å². The molecule has 2 nitrogen and oxygen atoms in total. The number of rotatable bonds is 3. The second-order valence-corrected chi connectivity index (χ2v) is 6.13. The van der Waals surface area contributed by atoms with Crippen LogP contribution in [-0.2, 0) is 6.61 Å². The molecule has 0 bridgehead atoms. The number of fused-ring (bicyclic) bond motifs is 2. The summed E-state index contributed by atoms with van der Waals surface area (Å²) in [6.45, 7) is 2.52. The molecule has 4 aromatic rings. The number of hydrogen-bond donors (Lipinski definition) is 1. The highest BCUT2D eigenvalue weighted by atomic mass is 16.5. The Hall–Kier alpha value is -3.00. The van der Waals surface area contributed by atoms with Crippen molar-refractivity contribution in [3.63, 3.8) is 0 Å². The molecular weight excluding hydrogens is 294 g/mol. The van der Waals surface area contributed by atoms with E-state index in [4.69, 9.17) is 10.5 Å². The average Bonchev–Trinajstić information content (AvgIpc) is 2.60. The quantitative estimate of drug-likeness (QED) is 0.402. The van der Waals surface area contributed by atoms with Crippen molar-refractivity contribution >= 4 is 27.2 Å². The second kappa shape index (κ2) is 5.89. The van der Waals surface area contributed by atoms with Crippen LogP contribution in [-0.4, -0.2) is 0 Å². The van der Waals surface area contributed by atoms with Gasteiger partial charge >= 0.3 is 0 Å². The summed E-state index contributed by atoms with van der Waals surface area (Å²) in [5, 5.41) is 4.90. The molecule has 0 unspecified atom stereocenters. The van der Waals surface area contributed by atoms with E-state index in [0.29, 0.717) is 12.3 Å². The third-order valence-electron chi connectivity index (χ3n) is 4.42. The first-order valence-electron chi connectivity index (χ1n) is 8.11. The Bertz CT molecular complexity index is 982. The molecule has 4 rings (SSSR count). The van der Waals surface area contributed by atoms with E-state index in [1.165, 1.54) is 27.1 Å². The van der Waals surface area contributed by atoms with Gasteiger partial charge in [-0.3, -0.25) is 0 Å². The van der Waals surface area contributed by atoms with Crippen molar-refractivity contribution in [2.24, 2.45) is 0 Å². The fourth-order valence-electron chi connectivity index (χ4n) is 3.21. The normalized spacial score (nSPS) is 11.0. The van der Waals surface area contributed by atoms with E-state index >= 15 is 0 Å². The largest absolute Gasteiger partial charge is 0.487 e. The molecule has 0 heterocycles. The molecule has 0 radical (unpaired) electrons. The highest BCUT2D eigenvalue weighted by molar-refractivity contribution is 6.02. The van der Waals surface area contributed by atoms with E-state index in [1.807, 2.05) is 25.1 Å². The van der Waals surface area contributed by atoms with Gasteiger partial charge in [-0.15, -0.1) is 0 Å². The third-order valence-corrected chi connectivity index (χ3v) is 4.42. The van der Waals surface area contributed by atoms with Crippen molar-refractivity contribution < 1.29 is 4.74 Å². The smallest absolute Gasteiger partial charge is 0.142 e. The maximum absolute atomic E-state index is 6.09. The molecule has 0 saturated heterocycles. The van der Waals surface area contributed by atoms with Crippen molar-refractivity contribution in [3.8, 4) is 5.75 Å². The van der Waals surface area contributed by atoms with Gasteiger partial charge in [-0.2, -0.15) is 0 Å². The van der Waals surface area contributed by atoms with Gasteiger partial charge in [0.25, 0.3) is 0 Å². The summed E-state index contributed by atoms with van der Waals surface area (Å²) in [7, 11) is 0. The summed E-state index contributed by atoms with van der Waals surface area (Å²) in [5.41, 5.74) is 9.10. The van der Waals surface area contributed by atoms with Gasteiger partial charge in [0.2, 0.25) is 0 Å². The molecule has 0 atom stereocenters. The highest BCUT2D eigenvalue weighted by Gasteiger charge is 2.09. The lowest BCUT2D eigenvalue weighted by Gasteiger charge is -2.14. The van der Waals surface area contributed by atoms with Crippen LogP contribution in [0.15, 0.2) is 72.8 Å². The Kier molecular flexibility index (Phi) is 3.58. The number of aryl methyl sites for hydroxylation is 1. The highest BCUT2D eigenvalue weighted by Crippen LogP contribution is 2.30. The van der Waals surface area contributed by atoms with Crippen molar-refractivity contribution in [2.75, 3.05) is 5.73 Å². The van der Waals surface area contributed by atoms with E-state index in [2.05, 4.69) is 54.6 Å². The van der Waals surface area contributed by atoms with E-state index in [1.54, 1.807) is 0 Å². The van der Waals surface area contributed by atoms with Crippen LogP contribution in [0.25, 0.3) is 21.5 Å². The maximum Gasteiger partial charge on any atom is 0.142 e. The van der Waals surface area contributed by atoms with Crippen LogP contribution in [0.3, 0.4) is 0 Å². The van der Waals surface area contributed by atoms with Gasteiger partial charge in [-0.05, 0) is 52.2 Å². The van der Waals surface area contributed by atoms with Crippen LogP contribution in [0.2, 0.25) is 0 Å². The minimum absolute atomic E-state index is 0.495. The molecule has 4 aromatic carbocycles. The first kappa shape index (κ1) is 14.6. The molecule has 0 amide bonds. The summed E-state index contributed by atoms with van der Waals surface area (Å²) in [6.07, 6.45) is 0. The van der Waals surface area contributed by atoms with Gasteiger partial charge in [0, 0.05) is 5.56 Å². The third kappa shape index (κ3) is 2.56. The van der Waals surface area contributed by atoms with Crippen LogP contribution in [0.1, 0.15) is 11.1 Å². The number of nitrogens with two attached hydrogens (primary N) is 1. The summed E-state index contributed by atoms with van der Waals surface area (Å²) in [4.78, 5) is 0. The van der Waals surface area contributed by atoms with Crippen LogP contribution in [0.5, 0.6) is 5.75 Å². The van der Waals surface area contributed by atoms with Gasteiger partial charge in [0.15, 0.2) is 0 Å². The fraction of sp³-hybridized carbons (Fsp3) is 0.0909. The molecule has 0 aliphatic rings. The van der Waals surface area contributed by atoms with Crippen LogP contribution in [0.4, 0.5) is 5.69 Å². The zero-order valence-corrected chi connectivity index (χ0v) is 13.6. The Morgan fingerprint density at radius 3 is 2.04 bits per heavy atom. The van der Waals surface area contributed by atoms with Crippen LogP contribution in [0, 0.1) is 6.92 Å². The Morgan fingerprint density at radius 2 is 1.42 bits per heavy atom.